The highest BCUT2D eigenvalue weighted by molar-refractivity contribution is 5.98. The van der Waals surface area contributed by atoms with Crippen molar-refractivity contribution in [3.63, 3.8) is 0 Å². The molecule has 1 heterocycles. The summed E-state index contributed by atoms with van der Waals surface area (Å²) in [4.78, 5) is 33.1. The Labute approximate surface area is 207 Å². The fourth-order valence-electron chi connectivity index (χ4n) is 4.15. The van der Waals surface area contributed by atoms with Crippen molar-refractivity contribution in [2.45, 2.75) is 51.2 Å². The number of nitrogens with one attached hydrogen (secondary N) is 1. The lowest BCUT2D eigenvalue weighted by atomic mass is 10.00. The van der Waals surface area contributed by atoms with Crippen LogP contribution in [0.1, 0.15) is 48.7 Å². The zero-order chi connectivity index (χ0) is 25.7. The number of hydrogen-bond donors (Lipinski definition) is 2. The van der Waals surface area contributed by atoms with E-state index in [0.29, 0.717) is 41.7 Å². The molecule has 0 aliphatic heterocycles. The van der Waals surface area contributed by atoms with Crippen LogP contribution < -0.4 is 5.32 Å². The number of halogens is 2. The second-order valence-electron chi connectivity index (χ2n) is 8.82. The number of rotatable bonds is 9. The Balaban J connectivity index is 1.64. The number of allylic oxidation sites excluding steroid dienone is 2. The van der Waals surface area contributed by atoms with Crippen LogP contribution in [0.15, 0.2) is 66.3 Å². The molecule has 0 bridgehead atoms. The minimum absolute atomic E-state index is 0.0625. The van der Waals surface area contributed by atoms with E-state index in [1.54, 1.807) is 19.1 Å². The van der Waals surface area contributed by atoms with Gasteiger partial charge in [-0.1, -0.05) is 48.6 Å². The lowest BCUT2D eigenvalue weighted by Crippen LogP contribution is -2.34. The number of carboxylic acids is 1. The normalized spacial score (nSPS) is 16.0. The van der Waals surface area contributed by atoms with Crippen molar-refractivity contribution in [3.8, 4) is 11.3 Å². The number of carbonyl (C=O) groups excluding carboxylic acids is 1. The zero-order valence-corrected chi connectivity index (χ0v) is 19.9. The molecule has 6 nitrogen and oxygen atoms in total. The summed E-state index contributed by atoms with van der Waals surface area (Å²) in [5.74, 6) is -2.17. The number of unbranched alkanes of at least 4 members (excludes halogenated alkanes) is 1. The van der Waals surface area contributed by atoms with Gasteiger partial charge in [-0.15, -0.1) is 0 Å². The first-order chi connectivity index (χ1) is 17.3. The molecule has 0 saturated heterocycles. The number of aromatic nitrogens is 2. The van der Waals surface area contributed by atoms with Gasteiger partial charge in [-0.25, -0.2) is 18.7 Å². The zero-order valence-electron chi connectivity index (χ0n) is 19.9. The van der Waals surface area contributed by atoms with Gasteiger partial charge in [0.2, 0.25) is 0 Å². The minimum atomic E-state index is -1.03. The first-order valence-electron chi connectivity index (χ1n) is 11.9. The van der Waals surface area contributed by atoms with Gasteiger partial charge in [0, 0.05) is 24.5 Å². The molecule has 2 N–H and O–H groups in total. The second-order valence-corrected chi connectivity index (χ2v) is 8.82. The van der Waals surface area contributed by atoms with Crippen LogP contribution in [-0.4, -0.2) is 39.2 Å². The fourth-order valence-corrected chi connectivity index (χ4v) is 4.15. The van der Waals surface area contributed by atoms with Gasteiger partial charge in [0.15, 0.2) is 0 Å². The van der Waals surface area contributed by atoms with Crippen LogP contribution in [0, 0.1) is 5.82 Å². The molecule has 1 aliphatic rings. The Morgan fingerprint density at radius 3 is 2.58 bits per heavy atom. The number of hydrogen-bond acceptors (Lipinski definition) is 4. The highest BCUT2D eigenvalue weighted by Crippen LogP contribution is 2.26. The molecule has 0 radical (unpaired) electrons. The van der Waals surface area contributed by atoms with E-state index in [2.05, 4.69) is 10.3 Å². The van der Waals surface area contributed by atoms with Crippen molar-refractivity contribution in [2.24, 2.45) is 0 Å². The van der Waals surface area contributed by atoms with Crippen molar-refractivity contribution in [1.29, 1.82) is 0 Å². The minimum Gasteiger partial charge on any atom is -0.481 e. The number of alkyl halides is 1. The van der Waals surface area contributed by atoms with E-state index >= 15 is 4.39 Å². The quantitative estimate of drug-likeness (QED) is 0.382. The van der Waals surface area contributed by atoms with Gasteiger partial charge in [-0.3, -0.25) is 9.59 Å². The average Bonchev–Trinajstić information content (AvgIpc) is 2.86. The molecular formula is C28H27F2N3O3. The van der Waals surface area contributed by atoms with Gasteiger partial charge in [-0.2, -0.15) is 0 Å². The summed E-state index contributed by atoms with van der Waals surface area (Å²) in [5, 5.41) is 11.7. The van der Waals surface area contributed by atoms with Gasteiger partial charge in [-0.05, 0) is 37.8 Å². The van der Waals surface area contributed by atoms with Crippen LogP contribution in [0.4, 0.5) is 8.78 Å². The summed E-state index contributed by atoms with van der Waals surface area (Å²) in [6, 6.07) is 11.6. The van der Waals surface area contributed by atoms with Gasteiger partial charge in [0.05, 0.1) is 34.0 Å². The Hall–Kier alpha value is -3.94. The Kier molecular flexibility index (Phi) is 7.83. The number of nitrogens with zero attached hydrogens (tertiary/aromatic N) is 2. The van der Waals surface area contributed by atoms with E-state index in [1.165, 1.54) is 18.2 Å². The third-order valence-electron chi connectivity index (χ3n) is 6.10. The topological polar surface area (TPSA) is 92.2 Å². The van der Waals surface area contributed by atoms with E-state index < -0.39 is 29.9 Å². The number of aryl methyl sites for hydroxylation is 1. The summed E-state index contributed by atoms with van der Waals surface area (Å²) < 4.78 is 28.4. The van der Waals surface area contributed by atoms with E-state index in [-0.39, 0.29) is 18.4 Å². The molecule has 3 aromatic rings. The molecule has 0 saturated carbocycles. The van der Waals surface area contributed by atoms with E-state index in [0.717, 1.165) is 11.1 Å². The van der Waals surface area contributed by atoms with E-state index in [9.17, 15) is 14.0 Å². The number of carboxylic acid groups (broad SMARTS) is 1. The van der Waals surface area contributed by atoms with Gasteiger partial charge < -0.3 is 10.4 Å². The standard InChI is InChI=1S/C28H27F2N3O3/c1-17(18-11-13-20(29)14-12-18)31-28(36)21-15-24-25(16-22(21)30)33-27(19-7-3-2-4-8-19)23(32-24)9-5-6-10-26(34)35/h2-4,7-8,11-13,15-17,20H,5-6,9-10,14H2,1H3,(H,31,36)(H,34,35)/t17-,20?/m1/s1. The monoisotopic (exact) mass is 491 g/mol. The molecule has 36 heavy (non-hydrogen) atoms. The summed E-state index contributed by atoms with van der Waals surface area (Å²) in [6.07, 6.45) is 5.64. The predicted molar refractivity (Wildman–Crippen MR) is 134 cm³/mol. The molecule has 1 aromatic heterocycles. The van der Waals surface area contributed by atoms with Crippen LogP contribution >= 0.6 is 0 Å². The maximum atomic E-state index is 15.0. The Morgan fingerprint density at radius 1 is 1.14 bits per heavy atom. The smallest absolute Gasteiger partial charge is 0.303 e. The lowest BCUT2D eigenvalue weighted by molar-refractivity contribution is -0.137. The number of benzene rings is 2. The van der Waals surface area contributed by atoms with Crippen LogP contribution in [0.25, 0.3) is 22.3 Å². The molecule has 8 heteroatoms. The number of amides is 1. The predicted octanol–water partition coefficient (Wildman–Crippen LogP) is 5.58. The first kappa shape index (κ1) is 25.2. The molecular weight excluding hydrogens is 464 g/mol. The maximum Gasteiger partial charge on any atom is 0.303 e. The van der Waals surface area contributed by atoms with Crippen molar-refractivity contribution in [3.05, 3.63) is 83.3 Å². The van der Waals surface area contributed by atoms with Gasteiger partial charge >= 0.3 is 5.97 Å². The summed E-state index contributed by atoms with van der Waals surface area (Å²) in [5.41, 5.74) is 3.37. The molecule has 4 rings (SSSR count). The third kappa shape index (κ3) is 6.00. The molecule has 2 aromatic carbocycles. The Bertz CT molecular complexity index is 1340. The Morgan fingerprint density at radius 2 is 1.89 bits per heavy atom. The van der Waals surface area contributed by atoms with Crippen molar-refractivity contribution in [2.75, 3.05) is 0 Å². The van der Waals surface area contributed by atoms with Gasteiger partial charge in [0.1, 0.15) is 12.0 Å². The summed E-state index contributed by atoms with van der Waals surface area (Å²) in [6.45, 7) is 1.76. The number of carbonyl (C=O) groups is 2. The molecule has 1 unspecified atom stereocenters. The van der Waals surface area contributed by atoms with E-state index in [1.807, 2.05) is 30.3 Å². The molecule has 1 aliphatic carbocycles. The highest BCUT2D eigenvalue weighted by atomic mass is 19.1. The third-order valence-corrected chi connectivity index (χ3v) is 6.10. The van der Waals surface area contributed by atoms with Crippen LogP contribution in [0.5, 0.6) is 0 Å². The summed E-state index contributed by atoms with van der Waals surface area (Å²) >= 11 is 0. The van der Waals surface area contributed by atoms with E-state index in [4.69, 9.17) is 10.1 Å². The molecule has 0 fully saturated rings. The van der Waals surface area contributed by atoms with Crippen molar-refractivity contribution in [1.82, 2.24) is 15.3 Å². The maximum absolute atomic E-state index is 15.0. The lowest BCUT2D eigenvalue weighted by Gasteiger charge is -2.19. The van der Waals surface area contributed by atoms with Crippen molar-refractivity contribution < 1.29 is 23.5 Å². The SMILES string of the molecule is C[C@@H](NC(=O)c1cc2nc(CCCCC(=O)O)c(-c3ccccc3)nc2cc1F)C1=CCC(F)C=C1. The fraction of sp³-hybridized carbons (Fsp3) is 0.286. The van der Waals surface area contributed by atoms with Crippen molar-refractivity contribution >= 4 is 22.9 Å². The van der Waals surface area contributed by atoms with Crippen LogP contribution in [-0.2, 0) is 11.2 Å². The number of fused-ring (bicyclic) bond motifs is 1. The average molecular weight is 492 g/mol. The summed E-state index contributed by atoms with van der Waals surface area (Å²) in [7, 11) is 0. The molecule has 186 valence electrons. The molecule has 0 spiro atoms. The second kappa shape index (κ2) is 11.2. The van der Waals surface area contributed by atoms with Gasteiger partial charge in [0.25, 0.3) is 5.91 Å². The molecule has 1 amide bonds. The highest BCUT2D eigenvalue weighted by Gasteiger charge is 2.20. The van der Waals surface area contributed by atoms with Crippen LogP contribution in [0.3, 0.4) is 0 Å². The number of aliphatic carboxylic acids is 1. The first-order valence-corrected chi connectivity index (χ1v) is 11.9. The largest absolute Gasteiger partial charge is 0.481 e. The molecule has 2 atom stereocenters. The van der Waals surface area contributed by atoms with Crippen LogP contribution in [0.2, 0.25) is 0 Å².